The largest absolute Gasteiger partial charge is 0.396 e. The molecule has 3 aromatic rings. The van der Waals surface area contributed by atoms with Crippen molar-refractivity contribution in [3.63, 3.8) is 0 Å². The summed E-state index contributed by atoms with van der Waals surface area (Å²) in [5.74, 6) is 0. The highest BCUT2D eigenvalue weighted by molar-refractivity contribution is 5.77. The van der Waals surface area contributed by atoms with Crippen molar-refractivity contribution in [3.05, 3.63) is 90.3 Å². The number of carbonyl (C=O) groups excluding carboxylic acids is 1. The summed E-state index contributed by atoms with van der Waals surface area (Å²) in [6.45, 7) is 2.86. The summed E-state index contributed by atoms with van der Waals surface area (Å²) in [5, 5.41) is 12.7. The normalized spacial score (nSPS) is 19.7. The molecule has 5 heteroatoms. The second kappa shape index (κ2) is 9.31. The standard InChI is InChI=1S/C26H29N3O2/c1-20(21-8-10-22(11-9-21)23-12-16-27-17-13-23)29-18-15-26(14-5-19-30,28-25(29)31)24-6-3-2-4-7-24/h2-4,6-13,16-17,20,30H,5,14-15,18-19H2,1H3,(H,28,31). The van der Waals surface area contributed by atoms with Gasteiger partial charge in [0.25, 0.3) is 0 Å². The minimum Gasteiger partial charge on any atom is -0.396 e. The molecule has 2 heterocycles. The minimum atomic E-state index is -0.428. The molecule has 0 radical (unpaired) electrons. The van der Waals surface area contributed by atoms with Crippen molar-refractivity contribution in [2.45, 2.75) is 37.8 Å². The predicted molar refractivity (Wildman–Crippen MR) is 122 cm³/mol. The van der Waals surface area contributed by atoms with Crippen molar-refractivity contribution in [3.8, 4) is 11.1 Å². The maximum Gasteiger partial charge on any atom is 0.318 e. The van der Waals surface area contributed by atoms with Crippen molar-refractivity contribution in [1.82, 2.24) is 15.2 Å². The van der Waals surface area contributed by atoms with E-state index in [1.807, 2.05) is 35.2 Å². The van der Waals surface area contributed by atoms with Crippen LogP contribution in [0.4, 0.5) is 4.79 Å². The number of amides is 2. The third kappa shape index (κ3) is 4.47. The molecule has 1 aromatic heterocycles. The first-order valence-corrected chi connectivity index (χ1v) is 10.9. The van der Waals surface area contributed by atoms with Gasteiger partial charge in [-0.05, 0) is 60.6 Å². The molecule has 1 saturated heterocycles. The Hall–Kier alpha value is -3.18. The fourth-order valence-corrected chi connectivity index (χ4v) is 4.49. The van der Waals surface area contributed by atoms with Gasteiger partial charge in [0.05, 0.1) is 11.6 Å². The van der Waals surface area contributed by atoms with Crippen molar-refractivity contribution in [1.29, 1.82) is 0 Å². The van der Waals surface area contributed by atoms with E-state index in [1.54, 1.807) is 12.4 Å². The lowest BCUT2D eigenvalue weighted by molar-refractivity contribution is 0.117. The highest BCUT2D eigenvalue weighted by atomic mass is 16.3. The van der Waals surface area contributed by atoms with E-state index in [9.17, 15) is 9.90 Å². The summed E-state index contributed by atoms with van der Waals surface area (Å²) in [4.78, 5) is 19.2. The topological polar surface area (TPSA) is 65.5 Å². The first-order valence-electron chi connectivity index (χ1n) is 10.9. The van der Waals surface area contributed by atoms with Gasteiger partial charge in [-0.2, -0.15) is 0 Å². The van der Waals surface area contributed by atoms with Gasteiger partial charge in [-0.25, -0.2) is 4.79 Å². The Labute approximate surface area is 183 Å². The first kappa shape index (κ1) is 21.1. The van der Waals surface area contributed by atoms with Gasteiger partial charge in [-0.1, -0.05) is 54.6 Å². The number of urea groups is 1. The van der Waals surface area contributed by atoms with Crippen LogP contribution in [0, 0.1) is 0 Å². The number of hydrogen-bond donors (Lipinski definition) is 2. The molecule has 1 fully saturated rings. The van der Waals surface area contributed by atoms with Crippen LogP contribution >= 0.6 is 0 Å². The van der Waals surface area contributed by atoms with Crippen LogP contribution in [-0.2, 0) is 5.54 Å². The second-order valence-electron chi connectivity index (χ2n) is 8.18. The van der Waals surface area contributed by atoms with Crippen molar-refractivity contribution < 1.29 is 9.90 Å². The molecule has 31 heavy (non-hydrogen) atoms. The van der Waals surface area contributed by atoms with Crippen molar-refractivity contribution >= 4 is 6.03 Å². The Morgan fingerprint density at radius 1 is 1.03 bits per heavy atom. The number of aliphatic hydroxyl groups excluding tert-OH is 1. The Balaban J connectivity index is 1.51. The highest BCUT2D eigenvalue weighted by Gasteiger charge is 2.40. The number of aromatic nitrogens is 1. The van der Waals surface area contributed by atoms with Crippen LogP contribution in [0.3, 0.4) is 0 Å². The first-order chi connectivity index (χ1) is 15.1. The molecular weight excluding hydrogens is 386 g/mol. The van der Waals surface area contributed by atoms with E-state index in [1.165, 1.54) is 0 Å². The molecule has 2 atom stereocenters. The number of carbonyl (C=O) groups is 1. The number of nitrogens with zero attached hydrogens (tertiary/aromatic N) is 2. The van der Waals surface area contributed by atoms with Crippen LogP contribution in [-0.4, -0.2) is 34.2 Å². The van der Waals surface area contributed by atoms with Crippen LogP contribution in [0.25, 0.3) is 11.1 Å². The zero-order valence-corrected chi connectivity index (χ0v) is 17.9. The maximum absolute atomic E-state index is 13.2. The van der Waals surface area contributed by atoms with Gasteiger partial charge in [-0.3, -0.25) is 4.98 Å². The Morgan fingerprint density at radius 3 is 2.35 bits per heavy atom. The lowest BCUT2D eigenvalue weighted by atomic mass is 9.81. The van der Waals surface area contributed by atoms with Gasteiger partial charge in [0.15, 0.2) is 0 Å². The zero-order valence-electron chi connectivity index (χ0n) is 17.9. The van der Waals surface area contributed by atoms with Crippen molar-refractivity contribution in [2.75, 3.05) is 13.2 Å². The quantitative estimate of drug-likeness (QED) is 0.577. The Kier molecular flexibility index (Phi) is 6.33. The lowest BCUT2D eigenvalue weighted by Crippen LogP contribution is -2.58. The molecular formula is C26H29N3O2. The summed E-state index contributed by atoms with van der Waals surface area (Å²) in [6, 6.07) is 22.4. The van der Waals surface area contributed by atoms with Gasteiger partial charge in [0.1, 0.15) is 0 Å². The van der Waals surface area contributed by atoms with Crippen LogP contribution in [0.1, 0.15) is 43.4 Å². The lowest BCUT2D eigenvalue weighted by Gasteiger charge is -2.45. The van der Waals surface area contributed by atoms with Gasteiger partial charge >= 0.3 is 6.03 Å². The summed E-state index contributed by atoms with van der Waals surface area (Å²) in [6.07, 6.45) is 5.77. The third-order valence-corrected chi connectivity index (χ3v) is 6.35. The van der Waals surface area contributed by atoms with E-state index in [0.717, 1.165) is 35.1 Å². The number of pyridine rings is 1. The molecule has 1 aliphatic heterocycles. The summed E-state index contributed by atoms with van der Waals surface area (Å²) < 4.78 is 0. The average Bonchev–Trinajstić information content (AvgIpc) is 2.83. The van der Waals surface area contributed by atoms with Crippen LogP contribution in [0.15, 0.2) is 79.1 Å². The molecule has 2 aromatic carbocycles. The predicted octanol–water partition coefficient (Wildman–Crippen LogP) is 4.89. The third-order valence-electron chi connectivity index (χ3n) is 6.35. The van der Waals surface area contributed by atoms with Gasteiger partial charge < -0.3 is 15.3 Å². The van der Waals surface area contributed by atoms with E-state index >= 15 is 0 Å². The maximum atomic E-state index is 13.2. The number of hydrogen-bond acceptors (Lipinski definition) is 3. The number of aliphatic hydroxyl groups is 1. The molecule has 0 saturated carbocycles. The van der Waals surface area contributed by atoms with E-state index in [-0.39, 0.29) is 18.7 Å². The highest BCUT2D eigenvalue weighted by Crippen LogP contribution is 2.36. The molecule has 5 nitrogen and oxygen atoms in total. The minimum absolute atomic E-state index is 0.0295. The van der Waals surface area contributed by atoms with Crippen LogP contribution in [0.2, 0.25) is 0 Å². The molecule has 0 aliphatic carbocycles. The van der Waals surface area contributed by atoms with Gasteiger partial charge in [0.2, 0.25) is 0 Å². The monoisotopic (exact) mass is 415 g/mol. The van der Waals surface area contributed by atoms with Gasteiger partial charge in [-0.15, -0.1) is 0 Å². The molecule has 0 spiro atoms. The smallest absolute Gasteiger partial charge is 0.318 e. The summed E-state index contributed by atoms with van der Waals surface area (Å²) >= 11 is 0. The number of nitrogens with one attached hydrogen (secondary N) is 1. The zero-order chi connectivity index (χ0) is 21.7. The molecule has 0 bridgehead atoms. The average molecular weight is 416 g/mol. The molecule has 2 amide bonds. The Bertz CT molecular complexity index is 992. The SMILES string of the molecule is CC(c1ccc(-c2ccncc2)cc1)N1CCC(CCCO)(c2ccccc2)NC1=O. The summed E-state index contributed by atoms with van der Waals surface area (Å²) in [7, 11) is 0. The molecule has 1 aliphatic rings. The van der Waals surface area contributed by atoms with Gasteiger partial charge in [0, 0.05) is 25.5 Å². The number of rotatable bonds is 7. The fourth-order valence-electron chi connectivity index (χ4n) is 4.49. The van der Waals surface area contributed by atoms with Crippen LogP contribution in [0.5, 0.6) is 0 Å². The molecule has 160 valence electrons. The van der Waals surface area contributed by atoms with E-state index in [4.69, 9.17) is 0 Å². The number of benzene rings is 2. The molecule has 2 unspecified atom stereocenters. The van der Waals surface area contributed by atoms with Crippen LogP contribution < -0.4 is 5.32 Å². The van der Waals surface area contributed by atoms with Crippen molar-refractivity contribution in [2.24, 2.45) is 0 Å². The van der Waals surface area contributed by atoms with E-state index in [2.05, 4.69) is 53.6 Å². The molecule has 4 rings (SSSR count). The molecule has 2 N–H and O–H groups in total. The second-order valence-corrected chi connectivity index (χ2v) is 8.18. The van der Waals surface area contributed by atoms with E-state index < -0.39 is 5.54 Å². The fraction of sp³-hybridized carbons (Fsp3) is 0.308. The van der Waals surface area contributed by atoms with E-state index in [0.29, 0.717) is 13.0 Å². The summed E-state index contributed by atoms with van der Waals surface area (Å²) in [5.41, 5.74) is 4.04. The Morgan fingerprint density at radius 2 is 1.71 bits per heavy atom.